The third kappa shape index (κ3) is 2.85. The Balaban J connectivity index is 3.27. The van der Waals surface area contributed by atoms with Gasteiger partial charge in [-0.1, -0.05) is 15.9 Å². The van der Waals surface area contributed by atoms with Crippen LogP contribution in [0, 0.1) is 5.82 Å². The summed E-state index contributed by atoms with van der Waals surface area (Å²) in [7, 11) is 0. The van der Waals surface area contributed by atoms with Crippen molar-refractivity contribution < 1.29 is 27.8 Å². The van der Waals surface area contributed by atoms with E-state index in [0.717, 1.165) is 12.1 Å². The molecule has 0 atom stereocenters. The average molecular weight is 285 g/mol. The predicted molar refractivity (Wildman–Crippen MR) is 47.7 cm³/mol. The Hall–Kier alpha value is -1.24. The quantitative estimate of drug-likeness (QED) is 0.928. The van der Waals surface area contributed by atoms with E-state index in [1.807, 2.05) is 0 Å². The third-order valence-corrected chi connectivity index (χ3v) is 1.91. The average Bonchev–Trinajstić information content (AvgIpc) is 1.99. The van der Waals surface area contributed by atoms with Crippen LogP contribution >= 0.6 is 15.9 Å². The van der Waals surface area contributed by atoms with Crippen molar-refractivity contribution in [1.82, 2.24) is 0 Å². The van der Waals surface area contributed by atoms with Crippen molar-refractivity contribution in [2.75, 3.05) is 0 Å². The summed E-state index contributed by atoms with van der Waals surface area (Å²) in [6.45, 7) is -3.21. The summed E-state index contributed by atoms with van der Waals surface area (Å²) in [6, 6.07) is 1.81. The Morgan fingerprint density at radius 1 is 1.47 bits per heavy atom. The molecule has 0 saturated heterocycles. The van der Waals surface area contributed by atoms with Crippen LogP contribution in [0.2, 0.25) is 0 Å². The molecule has 0 heterocycles. The fourth-order valence-corrected chi connectivity index (χ4v) is 1.36. The summed E-state index contributed by atoms with van der Waals surface area (Å²) in [5, 5.41) is 8.57. The van der Waals surface area contributed by atoms with Gasteiger partial charge >= 0.3 is 12.6 Å². The largest absolute Gasteiger partial charge is 0.477 e. The Morgan fingerprint density at radius 3 is 2.53 bits per heavy atom. The lowest BCUT2D eigenvalue weighted by Crippen LogP contribution is -2.09. The topological polar surface area (TPSA) is 46.5 Å². The highest BCUT2D eigenvalue weighted by atomic mass is 79.9. The summed E-state index contributed by atoms with van der Waals surface area (Å²) >= 11 is 2.83. The number of alkyl halides is 2. The van der Waals surface area contributed by atoms with Crippen LogP contribution in [0.25, 0.3) is 0 Å². The van der Waals surface area contributed by atoms with Crippen LogP contribution in [0.3, 0.4) is 0 Å². The van der Waals surface area contributed by atoms with Crippen LogP contribution in [-0.2, 0) is 0 Å². The van der Waals surface area contributed by atoms with Gasteiger partial charge in [0, 0.05) is 4.47 Å². The van der Waals surface area contributed by atoms with E-state index in [1.54, 1.807) is 0 Å². The number of benzene rings is 1. The molecule has 0 spiro atoms. The van der Waals surface area contributed by atoms with Gasteiger partial charge in [0.2, 0.25) is 0 Å². The van der Waals surface area contributed by atoms with Gasteiger partial charge < -0.3 is 9.84 Å². The van der Waals surface area contributed by atoms with E-state index in [9.17, 15) is 18.0 Å². The van der Waals surface area contributed by atoms with Gasteiger partial charge in [-0.3, -0.25) is 0 Å². The van der Waals surface area contributed by atoms with Crippen LogP contribution in [0.5, 0.6) is 5.75 Å². The predicted octanol–water partition coefficient (Wildman–Crippen LogP) is 2.89. The molecule has 0 fully saturated rings. The second kappa shape index (κ2) is 4.52. The molecule has 1 rings (SSSR count). The zero-order valence-electron chi connectivity index (χ0n) is 7.01. The minimum atomic E-state index is -3.21. The van der Waals surface area contributed by atoms with Gasteiger partial charge in [-0.15, -0.1) is 0 Å². The molecule has 0 amide bonds. The molecule has 0 aliphatic heterocycles. The summed E-state index contributed by atoms with van der Waals surface area (Å²) < 4.78 is 40.8. The molecular formula is C8H4BrF3O3. The van der Waals surface area contributed by atoms with E-state index in [2.05, 4.69) is 20.7 Å². The van der Waals surface area contributed by atoms with Gasteiger partial charge in [0.1, 0.15) is 17.1 Å². The molecule has 3 nitrogen and oxygen atoms in total. The van der Waals surface area contributed by atoms with Gasteiger partial charge in [0.15, 0.2) is 0 Å². The minimum absolute atomic E-state index is 0.112. The number of rotatable bonds is 3. The molecular weight excluding hydrogens is 281 g/mol. The van der Waals surface area contributed by atoms with Crippen molar-refractivity contribution in [1.29, 1.82) is 0 Å². The SMILES string of the molecule is O=C(O)c1c(F)cc(Br)cc1OC(F)F. The van der Waals surface area contributed by atoms with E-state index in [0.29, 0.717) is 0 Å². The zero-order chi connectivity index (χ0) is 11.6. The summed E-state index contributed by atoms with van der Waals surface area (Å²) in [5.74, 6) is -3.53. The Labute approximate surface area is 90.6 Å². The van der Waals surface area contributed by atoms with Crippen LogP contribution in [0.15, 0.2) is 16.6 Å². The lowest BCUT2D eigenvalue weighted by molar-refractivity contribution is -0.0505. The summed E-state index contributed by atoms with van der Waals surface area (Å²) in [6.07, 6.45) is 0. The molecule has 7 heteroatoms. The monoisotopic (exact) mass is 284 g/mol. The molecule has 82 valence electrons. The highest BCUT2D eigenvalue weighted by molar-refractivity contribution is 9.10. The first-order chi connectivity index (χ1) is 6.91. The maximum atomic E-state index is 13.1. The van der Waals surface area contributed by atoms with Gasteiger partial charge in [-0.25, -0.2) is 9.18 Å². The Bertz CT molecular complexity index is 395. The van der Waals surface area contributed by atoms with E-state index in [-0.39, 0.29) is 4.47 Å². The standard InChI is InChI=1S/C8H4BrF3O3/c9-3-1-4(10)6(7(13)14)5(2-3)15-8(11)12/h1-2,8H,(H,13,14). The van der Waals surface area contributed by atoms with Crippen LogP contribution in [-0.4, -0.2) is 17.7 Å². The molecule has 1 aromatic rings. The minimum Gasteiger partial charge on any atom is -0.477 e. The third-order valence-electron chi connectivity index (χ3n) is 1.45. The zero-order valence-corrected chi connectivity index (χ0v) is 8.59. The van der Waals surface area contributed by atoms with E-state index >= 15 is 0 Å². The smallest absolute Gasteiger partial charge is 0.387 e. The number of hydrogen-bond acceptors (Lipinski definition) is 2. The first-order valence-electron chi connectivity index (χ1n) is 3.59. The summed E-state index contributed by atoms with van der Waals surface area (Å²) in [4.78, 5) is 10.6. The highest BCUT2D eigenvalue weighted by Gasteiger charge is 2.20. The maximum absolute atomic E-state index is 13.1. The maximum Gasteiger partial charge on any atom is 0.387 e. The molecule has 15 heavy (non-hydrogen) atoms. The number of carboxylic acids is 1. The van der Waals surface area contributed by atoms with Crippen molar-refractivity contribution in [2.24, 2.45) is 0 Å². The second-order valence-electron chi connectivity index (χ2n) is 2.44. The number of aromatic carboxylic acids is 1. The normalized spacial score (nSPS) is 10.5. The van der Waals surface area contributed by atoms with Gasteiger partial charge in [-0.2, -0.15) is 8.78 Å². The number of carbonyl (C=O) groups is 1. The molecule has 0 aliphatic carbocycles. The molecule has 1 N–H and O–H groups in total. The fourth-order valence-electron chi connectivity index (χ4n) is 0.946. The van der Waals surface area contributed by atoms with Crippen molar-refractivity contribution >= 4 is 21.9 Å². The number of ether oxygens (including phenoxy) is 1. The molecule has 0 aliphatic rings. The Kier molecular flexibility index (Phi) is 3.57. The number of halogens is 4. The summed E-state index contributed by atoms with van der Waals surface area (Å²) in [5.41, 5.74) is -0.918. The van der Waals surface area contributed by atoms with Crippen molar-refractivity contribution in [3.8, 4) is 5.75 Å². The van der Waals surface area contributed by atoms with Gasteiger partial charge in [0.25, 0.3) is 0 Å². The lowest BCUT2D eigenvalue weighted by Gasteiger charge is -2.08. The lowest BCUT2D eigenvalue weighted by atomic mass is 10.2. The van der Waals surface area contributed by atoms with Crippen molar-refractivity contribution in [3.63, 3.8) is 0 Å². The van der Waals surface area contributed by atoms with Gasteiger partial charge in [-0.05, 0) is 12.1 Å². The molecule has 0 radical (unpaired) electrons. The van der Waals surface area contributed by atoms with Crippen LogP contribution < -0.4 is 4.74 Å². The van der Waals surface area contributed by atoms with E-state index in [1.165, 1.54) is 0 Å². The molecule has 0 unspecified atom stereocenters. The fraction of sp³-hybridized carbons (Fsp3) is 0.125. The highest BCUT2D eigenvalue weighted by Crippen LogP contribution is 2.28. The van der Waals surface area contributed by atoms with Crippen LogP contribution in [0.1, 0.15) is 10.4 Å². The first-order valence-corrected chi connectivity index (χ1v) is 4.38. The second-order valence-corrected chi connectivity index (χ2v) is 3.36. The molecule has 0 bridgehead atoms. The van der Waals surface area contributed by atoms with E-state index in [4.69, 9.17) is 5.11 Å². The molecule has 1 aromatic carbocycles. The van der Waals surface area contributed by atoms with Gasteiger partial charge in [0.05, 0.1) is 0 Å². The number of carboxylic acid groups (broad SMARTS) is 1. The Morgan fingerprint density at radius 2 is 2.07 bits per heavy atom. The van der Waals surface area contributed by atoms with Crippen molar-refractivity contribution in [3.05, 3.63) is 28.0 Å². The van der Waals surface area contributed by atoms with Crippen LogP contribution in [0.4, 0.5) is 13.2 Å². The first kappa shape index (κ1) is 11.8. The number of hydrogen-bond donors (Lipinski definition) is 1. The van der Waals surface area contributed by atoms with E-state index < -0.39 is 29.7 Å². The van der Waals surface area contributed by atoms with Crippen molar-refractivity contribution in [2.45, 2.75) is 6.61 Å². The molecule has 0 saturated carbocycles. The molecule has 0 aromatic heterocycles.